The van der Waals surface area contributed by atoms with E-state index in [-0.39, 0.29) is 5.82 Å². The molecule has 1 heterocycles. The highest BCUT2D eigenvalue weighted by atomic mass is 16.5. The van der Waals surface area contributed by atoms with E-state index in [0.29, 0.717) is 11.9 Å². The number of hydrogen-bond donors (Lipinski definition) is 1. The van der Waals surface area contributed by atoms with E-state index in [1.165, 1.54) is 20.0 Å². The fourth-order valence-corrected chi connectivity index (χ4v) is 2.40. The molecule has 0 aliphatic heterocycles. The predicted molar refractivity (Wildman–Crippen MR) is 68.4 cm³/mol. The summed E-state index contributed by atoms with van der Waals surface area (Å²) >= 11 is 0. The average Bonchev–Trinajstić information content (AvgIpc) is 2.38. The summed E-state index contributed by atoms with van der Waals surface area (Å²) < 4.78 is 4.61. The maximum atomic E-state index is 11.3. The lowest BCUT2D eigenvalue weighted by Crippen LogP contribution is -2.27. The lowest BCUT2D eigenvalue weighted by atomic mass is 9.87. The molecule has 0 bridgehead atoms. The first-order valence-corrected chi connectivity index (χ1v) is 6.37. The minimum Gasteiger partial charge on any atom is -0.463 e. The zero-order valence-electron chi connectivity index (χ0n) is 10.8. The van der Waals surface area contributed by atoms with E-state index < -0.39 is 5.97 Å². The summed E-state index contributed by atoms with van der Waals surface area (Å²) in [5, 5.41) is 3.37. The number of carbonyl (C=O) groups is 1. The molecule has 1 aromatic heterocycles. The van der Waals surface area contributed by atoms with E-state index in [9.17, 15) is 4.79 Å². The van der Waals surface area contributed by atoms with Gasteiger partial charge in [0.25, 0.3) is 0 Å². The lowest BCUT2D eigenvalue weighted by molar-refractivity contribution is 0.0587. The summed E-state index contributed by atoms with van der Waals surface area (Å²) in [5.41, 5.74) is 0. The van der Waals surface area contributed by atoms with Crippen LogP contribution < -0.4 is 5.32 Å². The van der Waals surface area contributed by atoms with Gasteiger partial charge >= 0.3 is 5.97 Å². The zero-order valence-corrected chi connectivity index (χ0v) is 10.8. The largest absolute Gasteiger partial charge is 0.463 e. The van der Waals surface area contributed by atoms with Crippen LogP contribution in [-0.2, 0) is 4.74 Å². The number of carbonyl (C=O) groups excluding carboxylic acids is 1. The van der Waals surface area contributed by atoms with Gasteiger partial charge in [-0.25, -0.2) is 14.8 Å². The predicted octanol–water partition coefficient (Wildman–Crippen LogP) is 2.25. The van der Waals surface area contributed by atoms with Crippen LogP contribution in [0, 0.1) is 5.92 Å². The SMILES string of the molecule is COC(=O)c1nccc(NC2CCCC(C)C2)n1. The standard InChI is InChI=1S/C13H19N3O2/c1-9-4-3-5-10(8-9)15-11-6-7-14-12(16-11)13(17)18-2/h6-7,9-10H,3-5,8H2,1-2H3,(H,14,15,16). The first-order valence-electron chi connectivity index (χ1n) is 6.37. The van der Waals surface area contributed by atoms with Gasteiger partial charge in [-0.15, -0.1) is 0 Å². The monoisotopic (exact) mass is 249 g/mol. The van der Waals surface area contributed by atoms with E-state index in [4.69, 9.17) is 0 Å². The summed E-state index contributed by atoms with van der Waals surface area (Å²) in [5.74, 6) is 1.05. The fraction of sp³-hybridized carbons (Fsp3) is 0.615. The van der Waals surface area contributed by atoms with Crippen LogP contribution in [0.4, 0.5) is 5.82 Å². The van der Waals surface area contributed by atoms with Crippen molar-refractivity contribution >= 4 is 11.8 Å². The Kier molecular flexibility index (Phi) is 4.12. The number of anilines is 1. The van der Waals surface area contributed by atoms with E-state index >= 15 is 0 Å². The maximum Gasteiger partial charge on any atom is 0.376 e. The number of rotatable bonds is 3. The molecule has 0 amide bonds. The molecule has 0 spiro atoms. The second-order valence-corrected chi connectivity index (χ2v) is 4.87. The van der Waals surface area contributed by atoms with Crippen LogP contribution in [-0.4, -0.2) is 29.1 Å². The van der Waals surface area contributed by atoms with Crippen molar-refractivity contribution in [3.8, 4) is 0 Å². The molecule has 1 aliphatic rings. The van der Waals surface area contributed by atoms with Crippen molar-refractivity contribution in [2.24, 2.45) is 5.92 Å². The molecule has 0 aromatic carbocycles. The highest BCUT2D eigenvalue weighted by Gasteiger charge is 2.19. The molecule has 18 heavy (non-hydrogen) atoms. The molecular weight excluding hydrogens is 230 g/mol. The van der Waals surface area contributed by atoms with Gasteiger partial charge in [-0.1, -0.05) is 19.8 Å². The number of nitrogens with zero attached hydrogens (tertiary/aromatic N) is 2. The third-order valence-corrected chi connectivity index (χ3v) is 3.31. The van der Waals surface area contributed by atoms with Crippen molar-refractivity contribution in [2.75, 3.05) is 12.4 Å². The van der Waals surface area contributed by atoms with Crippen LogP contribution in [0.15, 0.2) is 12.3 Å². The summed E-state index contributed by atoms with van der Waals surface area (Å²) in [6.45, 7) is 2.27. The van der Waals surface area contributed by atoms with Crippen LogP contribution in [0.1, 0.15) is 43.2 Å². The Bertz CT molecular complexity index is 422. The Balaban J connectivity index is 2.02. The van der Waals surface area contributed by atoms with E-state index in [2.05, 4.69) is 26.9 Å². The number of aromatic nitrogens is 2. The topological polar surface area (TPSA) is 64.1 Å². The third-order valence-electron chi connectivity index (χ3n) is 3.31. The molecule has 1 fully saturated rings. The molecule has 1 aliphatic carbocycles. The molecule has 0 saturated heterocycles. The quantitative estimate of drug-likeness (QED) is 0.832. The molecule has 1 saturated carbocycles. The minimum atomic E-state index is -0.504. The smallest absolute Gasteiger partial charge is 0.376 e. The number of methoxy groups -OCH3 is 1. The van der Waals surface area contributed by atoms with Crippen molar-refractivity contribution in [2.45, 2.75) is 38.6 Å². The van der Waals surface area contributed by atoms with Gasteiger partial charge in [0.2, 0.25) is 5.82 Å². The van der Waals surface area contributed by atoms with Gasteiger partial charge in [0.1, 0.15) is 5.82 Å². The van der Waals surface area contributed by atoms with Gasteiger partial charge in [-0.2, -0.15) is 0 Å². The molecule has 5 heteroatoms. The van der Waals surface area contributed by atoms with E-state index in [1.54, 1.807) is 12.3 Å². The van der Waals surface area contributed by atoms with Gasteiger partial charge in [0.05, 0.1) is 7.11 Å². The van der Waals surface area contributed by atoms with E-state index in [1.807, 2.05) is 0 Å². The highest BCUT2D eigenvalue weighted by Crippen LogP contribution is 2.25. The van der Waals surface area contributed by atoms with Crippen LogP contribution >= 0.6 is 0 Å². The second-order valence-electron chi connectivity index (χ2n) is 4.87. The van der Waals surface area contributed by atoms with Crippen molar-refractivity contribution < 1.29 is 9.53 Å². The molecular formula is C13H19N3O2. The second kappa shape index (κ2) is 5.80. The Morgan fingerprint density at radius 2 is 2.33 bits per heavy atom. The summed E-state index contributed by atoms with van der Waals surface area (Å²) in [4.78, 5) is 19.4. The van der Waals surface area contributed by atoms with Crippen LogP contribution in [0.5, 0.6) is 0 Å². The van der Waals surface area contributed by atoms with Gasteiger partial charge in [0.15, 0.2) is 0 Å². The minimum absolute atomic E-state index is 0.103. The summed E-state index contributed by atoms with van der Waals surface area (Å²) in [6, 6.07) is 2.22. The highest BCUT2D eigenvalue weighted by molar-refractivity contribution is 5.85. The van der Waals surface area contributed by atoms with Crippen molar-refractivity contribution in [1.29, 1.82) is 0 Å². The molecule has 1 N–H and O–H groups in total. The normalized spacial score (nSPS) is 23.4. The Morgan fingerprint density at radius 1 is 1.50 bits per heavy atom. The molecule has 2 rings (SSSR count). The van der Waals surface area contributed by atoms with Crippen LogP contribution in [0.3, 0.4) is 0 Å². The maximum absolute atomic E-state index is 11.3. The Labute approximate surface area is 107 Å². The van der Waals surface area contributed by atoms with Crippen LogP contribution in [0.2, 0.25) is 0 Å². The molecule has 2 atom stereocenters. The fourth-order valence-electron chi connectivity index (χ4n) is 2.40. The van der Waals surface area contributed by atoms with E-state index in [0.717, 1.165) is 18.8 Å². The average molecular weight is 249 g/mol. The number of hydrogen-bond acceptors (Lipinski definition) is 5. The number of esters is 1. The third kappa shape index (κ3) is 3.18. The Hall–Kier alpha value is -1.65. The van der Waals surface area contributed by atoms with Gasteiger partial charge in [-0.3, -0.25) is 0 Å². The molecule has 0 radical (unpaired) electrons. The lowest BCUT2D eigenvalue weighted by Gasteiger charge is -2.27. The zero-order chi connectivity index (χ0) is 13.0. The first-order chi connectivity index (χ1) is 8.69. The Morgan fingerprint density at radius 3 is 3.06 bits per heavy atom. The molecule has 2 unspecified atom stereocenters. The summed E-state index contributed by atoms with van der Waals surface area (Å²) in [6.07, 6.45) is 6.43. The number of nitrogens with one attached hydrogen (secondary N) is 1. The molecule has 5 nitrogen and oxygen atoms in total. The summed E-state index contributed by atoms with van der Waals surface area (Å²) in [7, 11) is 1.33. The van der Waals surface area contributed by atoms with Gasteiger partial charge in [-0.05, 0) is 24.8 Å². The first kappa shape index (κ1) is 12.8. The van der Waals surface area contributed by atoms with Crippen molar-refractivity contribution in [3.05, 3.63) is 18.1 Å². The van der Waals surface area contributed by atoms with Gasteiger partial charge in [0, 0.05) is 12.2 Å². The van der Waals surface area contributed by atoms with Crippen molar-refractivity contribution in [1.82, 2.24) is 9.97 Å². The van der Waals surface area contributed by atoms with Crippen LogP contribution in [0.25, 0.3) is 0 Å². The molecule has 1 aromatic rings. The van der Waals surface area contributed by atoms with Crippen molar-refractivity contribution in [3.63, 3.8) is 0 Å². The number of ether oxygens (including phenoxy) is 1. The molecule has 98 valence electrons. The van der Waals surface area contributed by atoms with Gasteiger partial charge < -0.3 is 10.1 Å².